The fraction of sp³-hybridized carbons (Fsp3) is 0.100. The predicted octanol–water partition coefficient (Wildman–Crippen LogP) is 3.48. The van der Waals surface area contributed by atoms with Crippen LogP contribution in [0.5, 0.6) is 5.75 Å². The molecule has 0 saturated heterocycles. The SMILES string of the molecule is N#CCc1ccc(OCC(=O)Nc2ccc(C(=O)Nc3nccs3)cc2)cc1. The van der Waals surface area contributed by atoms with E-state index in [1.807, 2.05) is 0 Å². The number of amides is 2. The third-order valence-electron chi connectivity index (χ3n) is 3.66. The Morgan fingerprint density at radius 3 is 2.46 bits per heavy atom. The van der Waals surface area contributed by atoms with E-state index >= 15 is 0 Å². The monoisotopic (exact) mass is 392 g/mol. The summed E-state index contributed by atoms with van der Waals surface area (Å²) < 4.78 is 5.43. The number of aromatic nitrogens is 1. The largest absolute Gasteiger partial charge is 0.484 e. The smallest absolute Gasteiger partial charge is 0.262 e. The molecule has 0 atom stereocenters. The van der Waals surface area contributed by atoms with Gasteiger partial charge >= 0.3 is 0 Å². The molecule has 0 aliphatic carbocycles. The van der Waals surface area contributed by atoms with Crippen LogP contribution in [0.3, 0.4) is 0 Å². The first-order valence-electron chi connectivity index (χ1n) is 8.33. The standard InChI is InChI=1S/C20H16N4O3S/c21-10-9-14-1-7-17(8-2-14)27-13-18(25)23-16-5-3-15(4-6-16)19(26)24-20-22-11-12-28-20/h1-8,11-12H,9,13H2,(H,23,25)(H,22,24,26). The Balaban J connectivity index is 1.48. The van der Waals surface area contributed by atoms with Gasteiger partial charge in [-0.25, -0.2) is 4.98 Å². The van der Waals surface area contributed by atoms with Crippen molar-refractivity contribution in [3.63, 3.8) is 0 Å². The number of carbonyl (C=O) groups is 2. The van der Waals surface area contributed by atoms with Crippen LogP contribution in [0.1, 0.15) is 15.9 Å². The van der Waals surface area contributed by atoms with E-state index in [1.54, 1.807) is 60.1 Å². The number of ether oxygens (including phenoxy) is 1. The first-order chi connectivity index (χ1) is 13.6. The van der Waals surface area contributed by atoms with Crippen molar-refractivity contribution < 1.29 is 14.3 Å². The molecule has 7 nitrogen and oxygen atoms in total. The third-order valence-corrected chi connectivity index (χ3v) is 4.35. The third kappa shape index (κ3) is 5.40. The van der Waals surface area contributed by atoms with Crippen molar-refractivity contribution in [2.45, 2.75) is 6.42 Å². The van der Waals surface area contributed by atoms with Crippen LogP contribution >= 0.6 is 11.3 Å². The van der Waals surface area contributed by atoms with Crippen LogP contribution in [0.2, 0.25) is 0 Å². The summed E-state index contributed by atoms with van der Waals surface area (Å²) in [6.45, 7) is -0.149. The van der Waals surface area contributed by atoms with E-state index in [0.29, 0.717) is 28.6 Å². The Morgan fingerprint density at radius 1 is 1.07 bits per heavy atom. The van der Waals surface area contributed by atoms with Crippen LogP contribution in [-0.4, -0.2) is 23.4 Å². The van der Waals surface area contributed by atoms with Gasteiger partial charge in [-0.05, 0) is 42.0 Å². The van der Waals surface area contributed by atoms with E-state index < -0.39 is 0 Å². The van der Waals surface area contributed by atoms with Gasteiger partial charge < -0.3 is 10.1 Å². The summed E-state index contributed by atoms with van der Waals surface area (Å²) >= 11 is 1.34. The summed E-state index contributed by atoms with van der Waals surface area (Å²) in [6, 6.07) is 15.6. The number of anilines is 2. The average molecular weight is 392 g/mol. The number of benzene rings is 2. The van der Waals surface area contributed by atoms with E-state index in [1.165, 1.54) is 11.3 Å². The Kier molecular flexibility index (Phi) is 6.33. The van der Waals surface area contributed by atoms with E-state index in [9.17, 15) is 9.59 Å². The van der Waals surface area contributed by atoms with Gasteiger partial charge in [0, 0.05) is 22.8 Å². The molecular formula is C20H16N4O3S. The van der Waals surface area contributed by atoms with Crippen LogP contribution < -0.4 is 15.4 Å². The topological polar surface area (TPSA) is 104 Å². The second kappa shape index (κ2) is 9.30. The van der Waals surface area contributed by atoms with Crippen LogP contribution in [0, 0.1) is 11.3 Å². The molecule has 0 radical (unpaired) electrons. The highest BCUT2D eigenvalue weighted by Gasteiger charge is 2.09. The Bertz CT molecular complexity index is 978. The highest BCUT2D eigenvalue weighted by Crippen LogP contribution is 2.15. The van der Waals surface area contributed by atoms with E-state index in [-0.39, 0.29) is 18.4 Å². The molecule has 3 rings (SSSR count). The minimum absolute atomic E-state index is 0.149. The minimum Gasteiger partial charge on any atom is -0.484 e. The molecule has 2 amide bonds. The zero-order valence-corrected chi connectivity index (χ0v) is 15.5. The summed E-state index contributed by atoms with van der Waals surface area (Å²) in [7, 11) is 0. The van der Waals surface area contributed by atoms with Gasteiger partial charge in [0.2, 0.25) is 0 Å². The lowest BCUT2D eigenvalue weighted by molar-refractivity contribution is -0.118. The lowest BCUT2D eigenvalue weighted by atomic mass is 10.2. The molecule has 0 aliphatic rings. The van der Waals surface area contributed by atoms with Crippen molar-refractivity contribution >= 4 is 34.0 Å². The molecule has 0 unspecified atom stereocenters. The highest BCUT2D eigenvalue weighted by atomic mass is 32.1. The van der Waals surface area contributed by atoms with Crippen LogP contribution in [-0.2, 0) is 11.2 Å². The molecule has 0 saturated carbocycles. The van der Waals surface area contributed by atoms with Gasteiger partial charge in [0.05, 0.1) is 12.5 Å². The van der Waals surface area contributed by atoms with Gasteiger partial charge in [-0.15, -0.1) is 11.3 Å². The Labute approximate surface area is 165 Å². The molecule has 140 valence electrons. The molecular weight excluding hydrogens is 376 g/mol. The maximum atomic E-state index is 12.1. The molecule has 0 fully saturated rings. The fourth-order valence-corrected chi connectivity index (χ4v) is 2.82. The summed E-state index contributed by atoms with van der Waals surface area (Å²) in [5.41, 5.74) is 1.91. The van der Waals surface area contributed by atoms with Crippen molar-refractivity contribution in [2.24, 2.45) is 0 Å². The number of nitriles is 1. The molecule has 2 aromatic carbocycles. The summed E-state index contributed by atoms with van der Waals surface area (Å²) in [4.78, 5) is 28.1. The second-order valence-electron chi connectivity index (χ2n) is 5.68. The van der Waals surface area contributed by atoms with Crippen molar-refractivity contribution in [3.05, 3.63) is 71.2 Å². The number of hydrogen-bond donors (Lipinski definition) is 2. The molecule has 3 aromatic rings. The molecule has 2 N–H and O–H groups in total. The zero-order valence-electron chi connectivity index (χ0n) is 14.7. The number of hydrogen-bond acceptors (Lipinski definition) is 6. The highest BCUT2D eigenvalue weighted by molar-refractivity contribution is 7.13. The first kappa shape index (κ1) is 19.1. The zero-order chi connectivity index (χ0) is 19.8. The van der Waals surface area contributed by atoms with Crippen LogP contribution in [0.4, 0.5) is 10.8 Å². The van der Waals surface area contributed by atoms with Gasteiger partial charge in [0.1, 0.15) is 5.75 Å². The second-order valence-corrected chi connectivity index (χ2v) is 6.58. The van der Waals surface area contributed by atoms with Crippen molar-refractivity contribution in [1.82, 2.24) is 4.98 Å². The molecule has 1 aromatic heterocycles. The van der Waals surface area contributed by atoms with E-state index in [2.05, 4.69) is 21.7 Å². The van der Waals surface area contributed by atoms with Gasteiger partial charge in [0.15, 0.2) is 11.7 Å². The van der Waals surface area contributed by atoms with Crippen molar-refractivity contribution in [2.75, 3.05) is 17.2 Å². The molecule has 0 aliphatic heterocycles. The van der Waals surface area contributed by atoms with Crippen molar-refractivity contribution in [3.8, 4) is 11.8 Å². The molecule has 8 heteroatoms. The summed E-state index contributed by atoms with van der Waals surface area (Å²) in [5.74, 6) is -0.0388. The van der Waals surface area contributed by atoms with E-state index in [4.69, 9.17) is 10.00 Å². The van der Waals surface area contributed by atoms with E-state index in [0.717, 1.165) is 5.56 Å². The average Bonchev–Trinajstić information content (AvgIpc) is 3.21. The molecule has 0 spiro atoms. The molecule has 28 heavy (non-hydrogen) atoms. The Morgan fingerprint density at radius 2 is 1.82 bits per heavy atom. The normalized spacial score (nSPS) is 9.96. The number of rotatable bonds is 7. The van der Waals surface area contributed by atoms with Gasteiger partial charge in [-0.2, -0.15) is 5.26 Å². The predicted molar refractivity (Wildman–Crippen MR) is 106 cm³/mol. The Hall–Kier alpha value is -3.70. The number of thiazole rings is 1. The van der Waals surface area contributed by atoms with Gasteiger partial charge in [-0.3, -0.25) is 14.9 Å². The summed E-state index contributed by atoms with van der Waals surface area (Å²) in [6.07, 6.45) is 1.94. The summed E-state index contributed by atoms with van der Waals surface area (Å²) in [5, 5.41) is 16.4. The lowest BCUT2D eigenvalue weighted by Gasteiger charge is -2.08. The maximum absolute atomic E-state index is 12.1. The minimum atomic E-state index is -0.318. The maximum Gasteiger partial charge on any atom is 0.262 e. The van der Waals surface area contributed by atoms with Crippen molar-refractivity contribution in [1.29, 1.82) is 5.26 Å². The number of nitrogens with zero attached hydrogens (tertiary/aromatic N) is 2. The first-order valence-corrected chi connectivity index (χ1v) is 9.21. The number of carbonyl (C=O) groups excluding carboxylic acids is 2. The van der Waals surface area contributed by atoms with Gasteiger partial charge in [-0.1, -0.05) is 12.1 Å². The number of nitrogens with one attached hydrogen (secondary N) is 2. The van der Waals surface area contributed by atoms with Gasteiger partial charge in [0.25, 0.3) is 11.8 Å². The lowest BCUT2D eigenvalue weighted by Crippen LogP contribution is -2.20. The van der Waals surface area contributed by atoms with Crippen LogP contribution in [0.25, 0.3) is 0 Å². The fourth-order valence-electron chi connectivity index (χ4n) is 2.30. The molecule has 1 heterocycles. The van der Waals surface area contributed by atoms with Crippen LogP contribution in [0.15, 0.2) is 60.1 Å². The quantitative estimate of drug-likeness (QED) is 0.641. The molecule has 0 bridgehead atoms.